The van der Waals surface area contributed by atoms with E-state index < -0.39 is 11.2 Å². The fourth-order valence-corrected chi connectivity index (χ4v) is 11.0. The molecule has 0 amide bonds. The van der Waals surface area contributed by atoms with Gasteiger partial charge in [-0.25, -0.2) is 0 Å². The van der Waals surface area contributed by atoms with Crippen LogP contribution in [0.1, 0.15) is 96.9 Å². The molecule has 210 valence electrons. The van der Waals surface area contributed by atoms with Crippen LogP contribution in [0.4, 0.5) is 0 Å². The third kappa shape index (κ3) is 2.35. The Balaban J connectivity index is 1.26. The minimum absolute atomic E-state index is 0.325. The van der Waals surface area contributed by atoms with Crippen LogP contribution in [0.3, 0.4) is 0 Å². The molecular formula is C40H38O2. The second kappa shape index (κ2) is 7.12. The molecule has 0 spiro atoms. The summed E-state index contributed by atoms with van der Waals surface area (Å²) in [6, 6.07) is 25.6. The monoisotopic (exact) mass is 550 g/mol. The highest BCUT2D eigenvalue weighted by Gasteiger charge is 2.64. The van der Waals surface area contributed by atoms with Crippen LogP contribution in [-0.4, -0.2) is 10.2 Å². The van der Waals surface area contributed by atoms with Gasteiger partial charge in [0.25, 0.3) is 0 Å². The lowest BCUT2D eigenvalue weighted by atomic mass is 9.47. The zero-order chi connectivity index (χ0) is 28.6. The first kappa shape index (κ1) is 24.3. The highest BCUT2D eigenvalue weighted by atomic mass is 16.4. The molecule has 8 aliphatic rings. The average Bonchev–Trinajstić information content (AvgIpc) is 3.44. The summed E-state index contributed by atoms with van der Waals surface area (Å²) in [4.78, 5) is 0. The van der Waals surface area contributed by atoms with E-state index in [1.54, 1.807) is 0 Å². The van der Waals surface area contributed by atoms with Gasteiger partial charge in [0.05, 0.1) is 0 Å². The van der Waals surface area contributed by atoms with Crippen molar-refractivity contribution in [3.05, 3.63) is 117 Å². The first-order chi connectivity index (χ1) is 20.1. The molecule has 8 aliphatic carbocycles. The summed E-state index contributed by atoms with van der Waals surface area (Å²) in [5.41, 5.74) is 11.1. The Morgan fingerprint density at radius 3 is 1.33 bits per heavy atom. The molecule has 0 aliphatic heterocycles. The maximum atomic E-state index is 13.4. The zero-order valence-corrected chi connectivity index (χ0v) is 25.0. The van der Waals surface area contributed by atoms with Gasteiger partial charge in [0.1, 0.15) is 0 Å². The summed E-state index contributed by atoms with van der Waals surface area (Å²) < 4.78 is 0. The summed E-state index contributed by atoms with van der Waals surface area (Å²) in [5.74, 6) is 2.47. The molecule has 0 radical (unpaired) electrons. The van der Waals surface area contributed by atoms with Crippen molar-refractivity contribution in [3.63, 3.8) is 0 Å². The van der Waals surface area contributed by atoms with Crippen molar-refractivity contribution in [1.29, 1.82) is 0 Å². The molecule has 2 N–H and O–H groups in total. The van der Waals surface area contributed by atoms with E-state index in [2.05, 4.69) is 88.4 Å². The highest BCUT2D eigenvalue weighted by Crippen LogP contribution is 2.69. The second-order valence-corrected chi connectivity index (χ2v) is 15.6. The molecule has 0 aromatic heterocycles. The standard InChI is InChI=1S/C40H38O2/c1-37(2)21-17-27-23(33(37)19-21)13-15-31-35(27)25-9-5-7-11-29(25)39(31,41)40(42)30-12-8-6-10-26(30)36-28-18-22-20-34(38(22,3)4)24(28)14-16-32(36)40/h5-16,21-22,33-34,41-42H,17-20H2,1-4H3/t21?,22?,33?,34?,39-,40+. The van der Waals surface area contributed by atoms with E-state index in [1.165, 1.54) is 46.2 Å². The van der Waals surface area contributed by atoms with Gasteiger partial charge in [-0.2, -0.15) is 0 Å². The molecule has 12 rings (SSSR count). The summed E-state index contributed by atoms with van der Waals surface area (Å²) in [7, 11) is 0. The molecule has 4 bridgehead atoms. The number of fused-ring (bicyclic) bond motifs is 6. The van der Waals surface area contributed by atoms with Crippen molar-refractivity contribution >= 4 is 0 Å². The van der Waals surface area contributed by atoms with Gasteiger partial charge < -0.3 is 10.2 Å². The Morgan fingerprint density at radius 1 is 0.524 bits per heavy atom. The third-order valence-electron chi connectivity index (χ3n) is 13.8. The summed E-state index contributed by atoms with van der Waals surface area (Å²) in [6.45, 7) is 9.70. The van der Waals surface area contributed by atoms with E-state index in [-0.39, 0.29) is 0 Å². The predicted molar refractivity (Wildman–Crippen MR) is 166 cm³/mol. The Kier molecular flexibility index (Phi) is 4.11. The maximum Gasteiger partial charge on any atom is 0.153 e. The normalized spacial score (nSPS) is 34.1. The van der Waals surface area contributed by atoms with Gasteiger partial charge in [-0.05, 0) is 127 Å². The van der Waals surface area contributed by atoms with E-state index in [1.807, 2.05) is 12.1 Å². The second-order valence-electron chi connectivity index (χ2n) is 15.6. The number of aliphatic hydroxyl groups is 2. The van der Waals surface area contributed by atoms with Crippen LogP contribution in [0.5, 0.6) is 0 Å². The average molecular weight is 551 g/mol. The fraction of sp³-hybridized carbons (Fsp3) is 0.400. The largest absolute Gasteiger partial charge is 0.377 e. The van der Waals surface area contributed by atoms with Gasteiger partial charge in [0, 0.05) is 0 Å². The lowest BCUT2D eigenvalue weighted by Gasteiger charge is -2.57. The molecule has 2 saturated carbocycles. The van der Waals surface area contributed by atoms with Crippen LogP contribution in [0, 0.1) is 22.7 Å². The van der Waals surface area contributed by atoms with Crippen LogP contribution >= 0.6 is 0 Å². The zero-order valence-electron chi connectivity index (χ0n) is 25.0. The summed E-state index contributed by atoms with van der Waals surface area (Å²) in [5, 5.41) is 26.9. The Labute approximate surface area is 248 Å². The number of hydrogen-bond acceptors (Lipinski definition) is 2. The number of rotatable bonds is 1. The van der Waals surface area contributed by atoms with E-state index in [4.69, 9.17) is 0 Å². The molecular weight excluding hydrogens is 512 g/mol. The van der Waals surface area contributed by atoms with E-state index >= 15 is 0 Å². The van der Waals surface area contributed by atoms with Gasteiger partial charge in [-0.3, -0.25) is 0 Å². The van der Waals surface area contributed by atoms with Crippen molar-refractivity contribution in [2.45, 2.75) is 76.4 Å². The Bertz CT molecular complexity index is 1770. The topological polar surface area (TPSA) is 40.5 Å². The minimum Gasteiger partial charge on any atom is -0.377 e. The summed E-state index contributed by atoms with van der Waals surface area (Å²) >= 11 is 0. The highest BCUT2D eigenvalue weighted by molar-refractivity contribution is 5.90. The number of hydrogen-bond donors (Lipinski definition) is 2. The Morgan fingerprint density at radius 2 is 0.929 bits per heavy atom. The van der Waals surface area contributed by atoms with Gasteiger partial charge in [0.2, 0.25) is 0 Å². The minimum atomic E-state index is -1.60. The molecule has 6 atom stereocenters. The molecule has 2 fully saturated rings. The molecule has 2 nitrogen and oxygen atoms in total. The molecule has 4 unspecified atom stereocenters. The predicted octanol–water partition coefficient (Wildman–Crippen LogP) is 8.19. The molecule has 0 heterocycles. The molecule has 42 heavy (non-hydrogen) atoms. The van der Waals surface area contributed by atoms with Crippen molar-refractivity contribution in [3.8, 4) is 22.3 Å². The molecule has 4 aromatic rings. The van der Waals surface area contributed by atoms with Crippen molar-refractivity contribution in [1.82, 2.24) is 0 Å². The van der Waals surface area contributed by atoms with E-state index in [9.17, 15) is 10.2 Å². The quantitative estimate of drug-likeness (QED) is 0.251. The molecule has 4 aromatic carbocycles. The molecule has 2 heteroatoms. The van der Waals surface area contributed by atoms with Gasteiger partial charge in [0.15, 0.2) is 11.2 Å². The van der Waals surface area contributed by atoms with Crippen LogP contribution < -0.4 is 0 Å². The smallest absolute Gasteiger partial charge is 0.153 e. The van der Waals surface area contributed by atoms with E-state index in [0.29, 0.717) is 34.5 Å². The molecule has 0 saturated heterocycles. The van der Waals surface area contributed by atoms with Crippen molar-refractivity contribution in [2.75, 3.05) is 0 Å². The SMILES string of the molecule is CC1(C)C2Cc3c(ccc4c3-c3ccccc3[C@]4(O)[C@]3(O)c4ccccc4-c4c3ccc3c4CC4CC3C4(C)C)C1C2. The number of benzene rings is 4. The maximum absolute atomic E-state index is 13.4. The third-order valence-corrected chi connectivity index (χ3v) is 13.8. The first-order valence-corrected chi connectivity index (χ1v) is 16.1. The van der Waals surface area contributed by atoms with Crippen LogP contribution in [-0.2, 0) is 24.0 Å². The van der Waals surface area contributed by atoms with Gasteiger partial charge in [-0.1, -0.05) is 100 Å². The van der Waals surface area contributed by atoms with Crippen molar-refractivity contribution < 1.29 is 10.2 Å². The first-order valence-electron chi connectivity index (χ1n) is 16.1. The van der Waals surface area contributed by atoms with Crippen LogP contribution in [0.25, 0.3) is 22.3 Å². The Hall–Kier alpha value is -3.20. The lowest BCUT2D eigenvalue weighted by molar-refractivity contribution is -0.107. The van der Waals surface area contributed by atoms with Crippen LogP contribution in [0.2, 0.25) is 0 Å². The van der Waals surface area contributed by atoms with Crippen molar-refractivity contribution in [2.24, 2.45) is 22.7 Å². The van der Waals surface area contributed by atoms with Crippen LogP contribution in [0.15, 0.2) is 72.8 Å². The van der Waals surface area contributed by atoms with Gasteiger partial charge >= 0.3 is 0 Å². The lowest BCUT2D eigenvalue weighted by Crippen LogP contribution is -2.50. The van der Waals surface area contributed by atoms with E-state index in [0.717, 1.165) is 46.2 Å². The fourth-order valence-electron chi connectivity index (χ4n) is 11.0. The van der Waals surface area contributed by atoms with Gasteiger partial charge in [-0.15, -0.1) is 0 Å². The summed E-state index contributed by atoms with van der Waals surface area (Å²) in [6.07, 6.45) is 4.62.